The van der Waals surface area contributed by atoms with Crippen LogP contribution < -0.4 is 10.0 Å². The lowest BCUT2D eigenvalue weighted by Gasteiger charge is -2.30. The highest BCUT2D eigenvalue weighted by Gasteiger charge is 2.40. The minimum atomic E-state index is -3.25. The molecule has 6 nitrogen and oxygen atoms in total. The minimum Gasteiger partial charge on any atom is -0.376 e. The van der Waals surface area contributed by atoms with Gasteiger partial charge in [0.15, 0.2) is 0 Å². The average Bonchev–Trinajstić information content (AvgIpc) is 2.67. The van der Waals surface area contributed by atoms with E-state index in [1.54, 1.807) is 0 Å². The van der Waals surface area contributed by atoms with Crippen LogP contribution in [0.2, 0.25) is 0 Å². The third-order valence-electron chi connectivity index (χ3n) is 4.16. The molecule has 0 amide bonds. The van der Waals surface area contributed by atoms with Crippen LogP contribution in [0.4, 0.5) is 0 Å². The van der Waals surface area contributed by atoms with Gasteiger partial charge in [0.25, 0.3) is 0 Å². The molecule has 7 heteroatoms. The molecule has 0 bridgehead atoms. The van der Waals surface area contributed by atoms with Crippen molar-refractivity contribution in [3.8, 4) is 0 Å². The molecule has 2 heterocycles. The summed E-state index contributed by atoms with van der Waals surface area (Å²) in [4.78, 5) is 2.19. The molecule has 0 aliphatic carbocycles. The first-order valence-corrected chi connectivity index (χ1v) is 8.63. The molecule has 0 aromatic heterocycles. The molecule has 0 radical (unpaired) electrons. The summed E-state index contributed by atoms with van der Waals surface area (Å²) in [6, 6.07) is 0. The first kappa shape index (κ1) is 15.2. The Bertz CT molecular complexity index is 395. The lowest BCUT2D eigenvalue weighted by atomic mass is 9.97. The number of hydrogen-bond donors (Lipinski definition) is 2. The van der Waals surface area contributed by atoms with E-state index in [1.807, 2.05) is 13.8 Å². The Morgan fingerprint density at radius 1 is 1.42 bits per heavy atom. The van der Waals surface area contributed by atoms with Crippen molar-refractivity contribution < 1.29 is 13.2 Å². The van der Waals surface area contributed by atoms with Crippen LogP contribution in [0.1, 0.15) is 20.3 Å². The number of rotatable bonds is 5. The van der Waals surface area contributed by atoms with Gasteiger partial charge in [0.2, 0.25) is 10.0 Å². The standard InChI is InChI=1S/C12H25N3O3S/c1-11-12(2,3-9-18-11)14-19(16,17)10-8-15-6-4-13-5-7-15/h11,13-14H,3-10H2,1-2H3. The highest BCUT2D eigenvalue weighted by atomic mass is 32.2. The van der Waals surface area contributed by atoms with Crippen molar-refractivity contribution in [3.05, 3.63) is 0 Å². The van der Waals surface area contributed by atoms with Gasteiger partial charge in [-0.2, -0.15) is 0 Å². The maximum Gasteiger partial charge on any atom is 0.213 e. The average molecular weight is 291 g/mol. The second-order valence-electron chi connectivity index (χ2n) is 5.69. The summed E-state index contributed by atoms with van der Waals surface area (Å²) >= 11 is 0. The molecule has 2 rings (SSSR count). The lowest BCUT2D eigenvalue weighted by Crippen LogP contribution is -2.52. The van der Waals surface area contributed by atoms with Gasteiger partial charge in [-0.15, -0.1) is 0 Å². The zero-order chi connectivity index (χ0) is 13.9. The Kier molecular flexibility index (Phi) is 4.84. The Hall–Kier alpha value is -0.210. The van der Waals surface area contributed by atoms with Gasteiger partial charge in [-0.3, -0.25) is 4.90 Å². The second-order valence-corrected chi connectivity index (χ2v) is 7.53. The molecule has 19 heavy (non-hydrogen) atoms. The van der Waals surface area contributed by atoms with E-state index in [9.17, 15) is 8.42 Å². The molecule has 0 aromatic rings. The molecule has 2 fully saturated rings. The van der Waals surface area contributed by atoms with E-state index in [4.69, 9.17) is 4.74 Å². The molecule has 2 aliphatic rings. The van der Waals surface area contributed by atoms with E-state index in [0.29, 0.717) is 13.2 Å². The molecule has 0 aromatic carbocycles. The molecule has 2 aliphatic heterocycles. The van der Waals surface area contributed by atoms with Gasteiger partial charge in [-0.05, 0) is 20.3 Å². The molecular formula is C12H25N3O3S. The Morgan fingerprint density at radius 3 is 2.68 bits per heavy atom. The van der Waals surface area contributed by atoms with Gasteiger partial charge in [-0.1, -0.05) is 0 Å². The Labute approximate surface area is 115 Å². The molecular weight excluding hydrogens is 266 g/mol. The highest BCUT2D eigenvalue weighted by molar-refractivity contribution is 7.89. The fraction of sp³-hybridized carbons (Fsp3) is 1.00. The molecule has 112 valence electrons. The number of nitrogens with zero attached hydrogens (tertiary/aromatic N) is 1. The van der Waals surface area contributed by atoms with Crippen molar-refractivity contribution in [2.75, 3.05) is 45.1 Å². The lowest BCUT2D eigenvalue weighted by molar-refractivity contribution is 0.0957. The third kappa shape index (κ3) is 4.13. The SMILES string of the molecule is CC1OCCC1(C)NS(=O)(=O)CCN1CCNCC1. The highest BCUT2D eigenvalue weighted by Crippen LogP contribution is 2.25. The fourth-order valence-corrected chi connectivity index (χ4v) is 4.14. The summed E-state index contributed by atoms with van der Waals surface area (Å²) in [5.41, 5.74) is -0.456. The van der Waals surface area contributed by atoms with Gasteiger partial charge >= 0.3 is 0 Å². The van der Waals surface area contributed by atoms with Crippen LogP contribution in [0, 0.1) is 0 Å². The predicted molar refractivity (Wildman–Crippen MR) is 74.7 cm³/mol. The van der Waals surface area contributed by atoms with Crippen LogP contribution in [0.5, 0.6) is 0 Å². The van der Waals surface area contributed by atoms with E-state index in [2.05, 4.69) is 14.9 Å². The number of sulfonamides is 1. The minimum absolute atomic E-state index is 0.0681. The van der Waals surface area contributed by atoms with E-state index < -0.39 is 15.6 Å². The molecule has 2 unspecified atom stereocenters. The van der Waals surface area contributed by atoms with E-state index in [-0.39, 0.29) is 11.9 Å². The summed E-state index contributed by atoms with van der Waals surface area (Å²) in [6.07, 6.45) is 0.669. The number of hydrogen-bond acceptors (Lipinski definition) is 5. The van der Waals surface area contributed by atoms with Crippen LogP contribution in [0.25, 0.3) is 0 Å². The van der Waals surface area contributed by atoms with Crippen LogP contribution in [0.15, 0.2) is 0 Å². The Morgan fingerprint density at radius 2 is 2.11 bits per heavy atom. The number of ether oxygens (including phenoxy) is 1. The predicted octanol–water partition coefficient (Wildman–Crippen LogP) is -0.621. The summed E-state index contributed by atoms with van der Waals surface area (Å²) in [6.45, 7) is 8.80. The maximum absolute atomic E-state index is 12.2. The summed E-state index contributed by atoms with van der Waals surface area (Å²) < 4.78 is 32.6. The van der Waals surface area contributed by atoms with Crippen LogP contribution in [0.3, 0.4) is 0 Å². The van der Waals surface area contributed by atoms with Crippen molar-refractivity contribution >= 4 is 10.0 Å². The largest absolute Gasteiger partial charge is 0.376 e. The van der Waals surface area contributed by atoms with Gasteiger partial charge in [-0.25, -0.2) is 13.1 Å². The summed E-state index contributed by atoms with van der Waals surface area (Å²) in [5.74, 6) is 0.162. The van der Waals surface area contributed by atoms with Crippen molar-refractivity contribution in [1.29, 1.82) is 0 Å². The van der Waals surface area contributed by atoms with E-state index in [1.165, 1.54) is 0 Å². The van der Waals surface area contributed by atoms with Crippen molar-refractivity contribution in [2.24, 2.45) is 0 Å². The van der Waals surface area contributed by atoms with Gasteiger partial charge in [0, 0.05) is 39.3 Å². The Balaban J connectivity index is 1.84. The zero-order valence-corrected chi connectivity index (χ0v) is 12.6. The number of piperazine rings is 1. The molecule has 2 atom stereocenters. The topological polar surface area (TPSA) is 70.7 Å². The third-order valence-corrected chi connectivity index (χ3v) is 5.66. The first-order valence-electron chi connectivity index (χ1n) is 6.98. The fourth-order valence-electron chi connectivity index (χ4n) is 2.56. The van der Waals surface area contributed by atoms with Gasteiger partial charge in [0.05, 0.1) is 17.4 Å². The second kappa shape index (κ2) is 6.05. The first-order chi connectivity index (χ1) is 8.91. The van der Waals surface area contributed by atoms with E-state index >= 15 is 0 Å². The molecule has 0 saturated carbocycles. The zero-order valence-electron chi connectivity index (χ0n) is 11.8. The van der Waals surface area contributed by atoms with Crippen LogP contribution >= 0.6 is 0 Å². The monoisotopic (exact) mass is 291 g/mol. The van der Waals surface area contributed by atoms with Crippen LogP contribution in [-0.4, -0.2) is 70.0 Å². The summed E-state index contributed by atoms with van der Waals surface area (Å²) in [7, 11) is -3.25. The van der Waals surface area contributed by atoms with Crippen LogP contribution in [-0.2, 0) is 14.8 Å². The quantitative estimate of drug-likeness (QED) is 0.706. The maximum atomic E-state index is 12.2. The van der Waals surface area contributed by atoms with Crippen molar-refractivity contribution in [3.63, 3.8) is 0 Å². The smallest absolute Gasteiger partial charge is 0.213 e. The molecule has 2 N–H and O–H groups in total. The van der Waals surface area contributed by atoms with E-state index in [0.717, 1.165) is 32.6 Å². The molecule has 2 saturated heterocycles. The molecule has 0 spiro atoms. The van der Waals surface area contributed by atoms with Gasteiger partial charge in [0.1, 0.15) is 0 Å². The van der Waals surface area contributed by atoms with Gasteiger partial charge < -0.3 is 10.1 Å². The van der Waals surface area contributed by atoms with Crippen molar-refractivity contribution in [2.45, 2.75) is 31.9 Å². The summed E-state index contributed by atoms with van der Waals surface area (Å²) in [5, 5.41) is 3.26. The number of nitrogens with one attached hydrogen (secondary N) is 2. The van der Waals surface area contributed by atoms with Crippen molar-refractivity contribution in [1.82, 2.24) is 14.9 Å². The normalized spacial score (nSPS) is 33.7.